The average Bonchev–Trinajstić information content (AvgIpc) is 3.38. The van der Waals surface area contributed by atoms with Crippen LogP contribution in [0.2, 0.25) is 5.02 Å². The smallest absolute Gasteiger partial charge is 0.242 e. The predicted molar refractivity (Wildman–Crippen MR) is 90.0 cm³/mol. The molecule has 4 heteroatoms. The Morgan fingerprint density at radius 2 is 1.77 bits per heavy atom. The minimum atomic E-state index is 0.140. The van der Waals surface area contributed by atoms with E-state index in [4.69, 9.17) is 11.6 Å². The number of hydrogen-bond donors (Lipinski definition) is 1. The van der Waals surface area contributed by atoms with E-state index in [1.54, 1.807) is 0 Å². The molecule has 1 saturated carbocycles. The van der Waals surface area contributed by atoms with Crippen molar-refractivity contribution in [2.45, 2.75) is 25.4 Å². The van der Waals surface area contributed by atoms with Gasteiger partial charge in [-0.2, -0.15) is 0 Å². The van der Waals surface area contributed by atoms with Crippen molar-refractivity contribution in [2.24, 2.45) is 0 Å². The van der Waals surface area contributed by atoms with Gasteiger partial charge >= 0.3 is 0 Å². The van der Waals surface area contributed by atoms with Crippen LogP contribution in [-0.2, 0) is 11.3 Å². The maximum absolute atomic E-state index is 12.5. The van der Waals surface area contributed by atoms with Crippen molar-refractivity contribution in [3.05, 3.63) is 65.2 Å². The van der Waals surface area contributed by atoms with Gasteiger partial charge in [-0.25, -0.2) is 0 Å². The van der Waals surface area contributed by atoms with E-state index in [-0.39, 0.29) is 5.91 Å². The molecular weight excluding hydrogens is 296 g/mol. The monoisotopic (exact) mass is 314 g/mol. The summed E-state index contributed by atoms with van der Waals surface area (Å²) < 4.78 is 0. The van der Waals surface area contributed by atoms with Gasteiger partial charge in [0.05, 0.1) is 6.54 Å². The fourth-order valence-electron chi connectivity index (χ4n) is 2.43. The fraction of sp³-hybridized carbons (Fsp3) is 0.278. The van der Waals surface area contributed by atoms with Gasteiger partial charge in [0.25, 0.3) is 0 Å². The van der Waals surface area contributed by atoms with E-state index >= 15 is 0 Å². The van der Waals surface area contributed by atoms with Crippen molar-refractivity contribution < 1.29 is 4.79 Å². The normalized spacial score (nSPS) is 13.7. The Morgan fingerprint density at radius 3 is 2.41 bits per heavy atom. The van der Waals surface area contributed by atoms with Gasteiger partial charge < -0.3 is 10.2 Å². The molecule has 1 aliphatic carbocycles. The fourth-order valence-corrected chi connectivity index (χ4v) is 2.55. The van der Waals surface area contributed by atoms with Crippen LogP contribution >= 0.6 is 11.6 Å². The number of benzene rings is 2. The van der Waals surface area contributed by atoms with Gasteiger partial charge in [0.15, 0.2) is 0 Å². The average molecular weight is 315 g/mol. The summed E-state index contributed by atoms with van der Waals surface area (Å²) in [5.41, 5.74) is 2.09. The number of anilines is 1. The molecular formula is C18H19ClN2O. The van der Waals surface area contributed by atoms with E-state index in [1.807, 2.05) is 59.5 Å². The molecule has 1 amide bonds. The first-order valence-corrected chi connectivity index (χ1v) is 7.93. The summed E-state index contributed by atoms with van der Waals surface area (Å²) >= 11 is 5.91. The molecule has 3 rings (SSSR count). The molecule has 0 unspecified atom stereocenters. The summed E-state index contributed by atoms with van der Waals surface area (Å²) in [5.74, 6) is 0.140. The van der Waals surface area contributed by atoms with Crippen LogP contribution in [0.5, 0.6) is 0 Å². The molecule has 0 saturated heterocycles. The predicted octanol–water partition coefficient (Wildman–Crippen LogP) is 3.94. The van der Waals surface area contributed by atoms with Crippen LogP contribution in [0.4, 0.5) is 5.69 Å². The van der Waals surface area contributed by atoms with E-state index in [9.17, 15) is 4.79 Å². The summed E-state index contributed by atoms with van der Waals surface area (Å²) in [4.78, 5) is 14.5. The van der Waals surface area contributed by atoms with E-state index < -0.39 is 0 Å². The lowest BCUT2D eigenvalue weighted by Crippen LogP contribution is -2.36. The Labute approximate surface area is 135 Å². The van der Waals surface area contributed by atoms with Crippen molar-refractivity contribution in [1.29, 1.82) is 0 Å². The first-order chi connectivity index (χ1) is 10.7. The molecule has 0 aromatic heterocycles. The largest absolute Gasteiger partial charge is 0.376 e. The van der Waals surface area contributed by atoms with Crippen LogP contribution in [-0.4, -0.2) is 23.4 Å². The molecule has 1 aliphatic rings. The van der Waals surface area contributed by atoms with E-state index in [2.05, 4.69) is 5.32 Å². The third kappa shape index (κ3) is 4.01. The van der Waals surface area contributed by atoms with Crippen LogP contribution in [0.25, 0.3) is 0 Å². The third-order valence-electron chi connectivity index (χ3n) is 3.79. The van der Waals surface area contributed by atoms with E-state index in [1.165, 1.54) is 0 Å². The number of nitrogens with one attached hydrogen (secondary N) is 1. The molecule has 3 nitrogen and oxygen atoms in total. The number of rotatable bonds is 6. The lowest BCUT2D eigenvalue weighted by Gasteiger charge is -2.23. The maximum Gasteiger partial charge on any atom is 0.242 e. The second kappa shape index (κ2) is 6.84. The van der Waals surface area contributed by atoms with Gasteiger partial charge in [-0.1, -0.05) is 41.9 Å². The quantitative estimate of drug-likeness (QED) is 0.876. The Morgan fingerprint density at radius 1 is 1.09 bits per heavy atom. The second-order valence-corrected chi connectivity index (χ2v) is 6.04. The number of carbonyl (C=O) groups excluding carboxylic acids is 1. The Bertz CT molecular complexity index is 623. The molecule has 1 N–H and O–H groups in total. The van der Waals surface area contributed by atoms with Crippen LogP contribution < -0.4 is 5.32 Å². The van der Waals surface area contributed by atoms with Crippen molar-refractivity contribution in [2.75, 3.05) is 11.9 Å². The molecule has 1 fully saturated rings. The van der Waals surface area contributed by atoms with Crippen LogP contribution in [0, 0.1) is 0 Å². The maximum atomic E-state index is 12.5. The lowest BCUT2D eigenvalue weighted by atomic mass is 10.2. The molecule has 2 aromatic rings. The van der Waals surface area contributed by atoms with Crippen molar-refractivity contribution in [3.63, 3.8) is 0 Å². The lowest BCUT2D eigenvalue weighted by molar-refractivity contribution is -0.130. The molecule has 0 aliphatic heterocycles. The zero-order valence-electron chi connectivity index (χ0n) is 12.3. The molecule has 114 valence electrons. The SMILES string of the molecule is O=C(CNc1ccccc1)N(Cc1ccc(Cl)cc1)C1CC1. The molecule has 0 atom stereocenters. The number of halogens is 1. The first-order valence-electron chi connectivity index (χ1n) is 7.55. The standard InChI is InChI=1S/C18H19ClN2O/c19-15-8-6-14(7-9-15)13-21(17-10-11-17)18(22)12-20-16-4-2-1-3-5-16/h1-9,17,20H,10-13H2. The number of hydrogen-bond acceptors (Lipinski definition) is 2. The molecule has 0 bridgehead atoms. The molecule has 0 heterocycles. The minimum absolute atomic E-state index is 0.140. The highest BCUT2D eigenvalue weighted by Gasteiger charge is 2.32. The summed E-state index contributed by atoms with van der Waals surface area (Å²) in [6, 6.07) is 17.9. The van der Waals surface area contributed by atoms with Crippen molar-refractivity contribution >= 4 is 23.2 Å². The summed E-state index contributed by atoms with van der Waals surface area (Å²) in [6.45, 7) is 0.977. The number of amides is 1. The summed E-state index contributed by atoms with van der Waals surface area (Å²) in [7, 11) is 0. The number of nitrogens with zero attached hydrogens (tertiary/aromatic N) is 1. The zero-order valence-corrected chi connectivity index (χ0v) is 13.1. The van der Waals surface area contributed by atoms with Crippen molar-refractivity contribution in [3.8, 4) is 0 Å². The van der Waals surface area contributed by atoms with Gasteiger partial charge in [0.1, 0.15) is 0 Å². The van der Waals surface area contributed by atoms with Crippen LogP contribution in [0.1, 0.15) is 18.4 Å². The Kier molecular flexibility index (Phi) is 4.64. The zero-order chi connectivity index (χ0) is 15.4. The highest BCUT2D eigenvalue weighted by atomic mass is 35.5. The second-order valence-electron chi connectivity index (χ2n) is 5.60. The highest BCUT2D eigenvalue weighted by Crippen LogP contribution is 2.28. The van der Waals surface area contributed by atoms with Gasteiger partial charge in [-0.05, 0) is 42.7 Å². The Hall–Kier alpha value is -2.00. The van der Waals surface area contributed by atoms with Crippen molar-refractivity contribution in [1.82, 2.24) is 4.90 Å². The highest BCUT2D eigenvalue weighted by molar-refractivity contribution is 6.30. The Balaban J connectivity index is 1.61. The van der Waals surface area contributed by atoms with E-state index in [0.717, 1.165) is 29.1 Å². The van der Waals surface area contributed by atoms with Gasteiger partial charge in [-0.3, -0.25) is 4.79 Å². The number of carbonyl (C=O) groups is 1. The van der Waals surface area contributed by atoms with Crippen LogP contribution in [0.3, 0.4) is 0 Å². The summed E-state index contributed by atoms with van der Waals surface area (Å²) in [6.07, 6.45) is 2.20. The number of para-hydroxylation sites is 1. The molecule has 0 radical (unpaired) electrons. The topological polar surface area (TPSA) is 32.3 Å². The third-order valence-corrected chi connectivity index (χ3v) is 4.04. The summed E-state index contributed by atoms with van der Waals surface area (Å²) in [5, 5.41) is 3.91. The molecule has 2 aromatic carbocycles. The van der Waals surface area contributed by atoms with Crippen LogP contribution in [0.15, 0.2) is 54.6 Å². The minimum Gasteiger partial charge on any atom is -0.376 e. The molecule has 0 spiro atoms. The first kappa shape index (κ1) is 14.9. The van der Waals surface area contributed by atoms with Gasteiger partial charge in [0, 0.05) is 23.3 Å². The van der Waals surface area contributed by atoms with Gasteiger partial charge in [-0.15, -0.1) is 0 Å². The molecule has 22 heavy (non-hydrogen) atoms. The van der Waals surface area contributed by atoms with E-state index in [0.29, 0.717) is 19.1 Å². The van der Waals surface area contributed by atoms with Gasteiger partial charge in [0.2, 0.25) is 5.91 Å².